The molecule has 1 aromatic rings. The molecule has 0 unspecified atom stereocenters. The van der Waals surface area contributed by atoms with Crippen LogP contribution in [0.1, 0.15) is 10.4 Å². The van der Waals surface area contributed by atoms with E-state index in [1.54, 1.807) is 31.0 Å². The standard InChI is InChI=1S/C13H15NO3S/c1-3-7-18-8-6-14-12-9-10(17-2)4-5-11(12)13(15)16/h1,4-5,9,14H,6-8H2,2H3,(H,15,16). The van der Waals surface area contributed by atoms with Gasteiger partial charge < -0.3 is 15.2 Å². The number of carbonyl (C=O) groups is 1. The van der Waals surface area contributed by atoms with Crippen molar-refractivity contribution in [2.24, 2.45) is 0 Å². The minimum Gasteiger partial charge on any atom is -0.497 e. The Hall–Kier alpha value is -1.80. The number of nitrogens with one attached hydrogen (secondary N) is 1. The molecule has 5 heteroatoms. The number of methoxy groups -OCH3 is 1. The summed E-state index contributed by atoms with van der Waals surface area (Å²) in [6.07, 6.45) is 5.14. The van der Waals surface area contributed by atoms with Crippen molar-refractivity contribution in [1.29, 1.82) is 0 Å². The summed E-state index contributed by atoms with van der Waals surface area (Å²) in [5, 5.41) is 12.1. The maximum absolute atomic E-state index is 11.0. The fraction of sp³-hybridized carbons (Fsp3) is 0.308. The molecular formula is C13H15NO3S. The van der Waals surface area contributed by atoms with E-state index >= 15 is 0 Å². The van der Waals surface area contributed by atoms with Crippen molar-refractivity contribution in [1.82, 2.24) is 0 Å². The highest BCUT2D eigenvalue weighted by Gasteiger charge is 2.10. The summed E-state index contributed by atoms with van der Waals surface area (Å²) in [5.41, 5.74) is 0.793. The van der Waals surface area contributed by atoms with Crippen LogP contribution in [0.3, 0.4) is 0 Å². The van der Waals surface area contributed by atoms with E-state index < -0.39 is 5.97 Å². The third kappa shape index (κ3) is 4.22. The predicted molar refractivity (Wildman–Crippen MR) is 74.6 cm³/mol. The van der Waals surface area contributed by atoms with Gasteiger partial charge in [-0.2, -0.15) is 0 Å². The molecule has 0 heterocycles. The molecule has 0 saturated carbocycles. The Labute approximate surface area is 111 Å². The lowest BCUT2D eigenvalue weighted by atomic mass is 10.1. The number of thioether (sulfide) groups is 1. The molecular weight excluding hydrogens is 250 g/mol. The summed E-state index contributed by atoms with van der Waals surface area (Å²) >= 11 is 1.62. The number of hydrogen-bond acceptors (Lipinski definition) is 4. The van der Waals surface area contributed by atoms with E-state index in [1.807, 2.05) is 0 Å². The Morgan fingerprint density at radius 1 is 1.61 bits per heavy atom. The lowest BCUT2D eigenvalue weighted by Gasteiger charge is -2.10. The summed E-state index contributed by atoms with van der Waals surface area (Å²) in [4.78, 5) is 11.0. The zero-order valence-electron chi connectivity index (χ0n) is 10.1. The van der Waals surface area contributed by atoms with E-state index in [4.69, 9.17) is 16.3 Å². The van der Waals surface area contributed by atoms with Crippen LogP contribution in [0, 0.1) is 12.3 Å². The van der Waals surface area contributed by atoms with Crippen molar-refractivity contribution in [3.63, 3.8) is 0 Å². The van der Waals surface area contributed by atoms with Gasteiger partial charge in [0, 0.05) is 18.4 Å². The van der Waals surface area contributed by atoms with Gasteiger partial charge in [-0.1, -0.05) is 5.92 Å². The van der Waals surface area contributed by atoms with Gasteiger partial charge in [0.05, 0.1) is 24.1 Å². The van der Waals surface area contributed by atoms with Crippen molar-refractivity contribution in [2.75, 3.05) is 30.5 Å². The second kappa shape index (κ2) is 7.51. The SMILES string of the molecule is C#CCSCCNc1cc(OC)ccc1C(=O)O. The van der Waals surface area contributed by atoms with Crippen molar-refractivity contribution in [3.05, 3.63) is 23.8 Å². The Morgan fingerprint density at radius 3 is 3.00 bits per heavy atom. The van der Waals surface area contributed by atoms with E-state index in [9.17, 15) is 4.79 Å². The first-order valence-electron chi connectivity index (χ1n) is 5.35. The molecule has 0 atom stereocenters. The van der Waals surface area contributed by atoms with Gasteiger partial charge in [0.2, 0.25) is 0 Å². The van der Waals surface area contributed by atoms with Crippen LogP contribution in [0.25, 0.3) is 0 Å². The van der Waals surface area contributed by atoms with E-state index in [-0.39, 0.29) is 5.56 Å². The van der Waals surface area contributed by atoms with Crippen LogP contribution < -0.4 is 10.1 Å². The van der Waals surface area contributed by atoms with Crippen LogP contribution >= 0.6 is 11.8 Å². The molecule has 2 N–H and O–H groups in total. The van der Waals surface area contributed by atoms with E-state index in [0.29, 0.717) is 23.7 Å². The highest BCUT2D eigenvalue weighted by molar-refractivity contribution is 7.99. The normalized spacial score (nSPS) is 9.56. The number of rotatable bonds is 7. The van der Waals surface area contributed by atoms with Crippen LogP contribution in [-0.2, 0) is 0 Å². The minimum absolute atomic E-state index is 0.234. The zero-order valence-corrected chi connectivity index (χ0v) is 10.9. The fourth-order valence-electron chi connectivity index (χ4n) is 1.37. The second-order valence-corrected chi connectivity index (χ2v) is 4.51. The van der Waals surface area contributed by atoms with Crippen molar-refractivity contribution < 1.29 is 14.6 Å². The number of aromatic carboxylic acids is 1. The predicted octanol–water partition coefficient (Wildman–Crippen LogP) is 2.17. The second-order valence-electron chi connectivity index (χ2n) is 3.40. The molecule has 1 rings (SSSR count). The molecule has 0 fully saturated rings. The summed E-state index contributed by atoms with van der Waals surface area (Å²) < 4.78 is 5.07. The highest BCUT2D eigenvalue weighted by Crippen LogP contribution is 2.22. The van der Waals surface area contributed by atoms with Gasteiger partial charge in [0.1, 0.15) is 5.75 Å². The number of benzene rings is 1. The first-order valence-corrected chi connectivity index (χ1v) is 6.51. The lowest BCUT2D eigenvalue weighted by Crippen LogP contribution is -2.09. The van der Waals surface area contributed by atoms with Crippen LogP contribution in [0.2, 0.25) is 0 Å². The molecule has 0 aromatic heterocycles. The summed E-state index contributed by atoms with van der Waals surface area (Å²) in [5.74, 6) is 3.68. The summed E-state index contributed by atoms with van der Waals surface area (Å²) in [6, 6.07) is 4.83. The monoisotopic (exact) mass is 265 g/mol. The van der Waals surface area contributed by atoms with Gasteiger partial charge in [-0.25, -0.2) is 4.79 Å². The zero-order chi connectivity index (χ0) is 13.4. The maximum Gasteiger partial charge on any atom is 0.337 e. The average molecular weight is 265 g/mol. The van der Waals surface area contributed by atoms with Gasteiger partial charge in [-0.15, -0.1) is 18.2 Å². The van der Waals surface area contributed by atoms with Crippen molar-refractivity contribution >= 4 is 23.4 Å². The number of anilines is 1. The first-order chi connectivity index (χ1) is 8.69. The molecule has 0 radical (unpaired) electrons. The lowest BCUT2D eigenvalue weighted by molar-refractivity contribution is 0.0698. The largest absolute Gasteiger partial charge is 0.497 e. The number of ether oxygens (including phenoxy) is 1. The molecule has 0 aliphatic heterocycles. The quantitative estimate of drug-likeness (QED) is 0.584. The molecule has 1 aromatic carbocycles. The number of hydrogen-bond donors (Lipinski definition) is 2. The van der Waals surface area contributed by atoms with Crippen LogP contribution in [-0.4, -0.2) is 36.2 Å². The van der Waals surface area contributed by atoms with Gasteiger partial charge in [0.15, 0.2) is 0 Å². The third-order valence-corrected chi connectivity index (χ3v) is 3.07. The third-order valence-electron chi connectivity index (χ3n) is 2.20. The average Bonchev–Trinajstić information content (AvgIpc) is 2.38. The Morgan fingerprint density at radius 2 is 2.39 bits per heavy atom. The van der Waals surface area contributed by atoms with Crippen LogP contribution in [0.4, 0.5) is 5.69 Å². The highest BCUT2D eigenvalue weighted by atomic mass is 32.2. The molecule has 18 heavy (non-hydrogen) atoms. The van der Waals surface area contributed by atoms with Gasteiger partial charge in [-0.3, -0.25) is 0 Å². The van der Waals surface area contributed by atoms with E-state index in [1.165, 1.54) is 6.07 Å². The number of carboxylic acids is 1. The summed E-state index contributed by atoms with van der Waals surface area (Å²) in [6.45, 7) is 0.653. The fourth-order valence-corrected chi connectivity index (χ4v) is 1.88. The molecule has 0 amide bonds. The molecule has 0 spiro atoms. The first kappa shape index (κ1) is 14.3. The van der Waals surface area contributed by atoms with Crippen molar-refractivity contribution in [2.45, 2.75) is 0 Å². The molecule has 4 nitrogen and oxygen atoms in total. The Kier molecular flexibility index (Phi) is 5.95. The van der Waals surface area contributed by atoms with Gasteiger partial charge in [-0.05, 0) is 12.1 Å². The minimum atomic E-state index is -0.962. The molecule has 0 aliphatic carbocycles. The summed E-state index contributed by atoms with van der Waals surface area (Å²) in [7, 11) is 1.54. The van der Waals surface area contributed by atoms with Crippen LogP contribution in [0.5, 0.6) is 5.75 Å². The molecule has 0 aliphatic rings. The smallest absolute Gasteiger partial charge is 0.337 e. The topological polar surface area (TPSA) is 58.6 Å². The molecule has 0 bridgehead atoms. The van der Waals surface area contributed by atoms with Gasteiger partial charge in [0.25, 0.3) is 0 Å². The van der Waals surface area contributed by atoms with E-state index in [2.05, 4.69) is 11.2 Å². The van der Waals surface area contributed by atoms with Crippen LogP contribution in [0.15, 0.2) is 18.2 Å². The molecule has 0 saturated heterocycles. The van der Waals surface area contributed by atoms with E-state index in [0.717, 1.165) is 5.75 Å². The van der Waals surface area contributed by atoms with Crippen molar-refractivity contribution in [3.8, 4) is 18.1 Å². The number of terminal acetylenes is 1. The molecule has 96 valence electrons. The van der Waals surface area contributed by atoms with Gasteiger partial charge >= 0.3 is 5.97 Å². The maximum atomic E-state index is 11.0. The Bertz CT molecular complexity index is 454. The number of carboxylic acid groups (broad SMARTS) is 1. The Balaban J connectivity index is 2.66.